The first kappa shape index (κ1) is 27.8. The lowest BCUT2D eigenvalue weighted by atomic mass is 10.0. The number of amides is 3. The van der Waals surface area contributed by atoms with E-state index in [2.05, 4.69) is 16.0 Å². The highest BCUT2D eigenvalue weighted by Gasteiger charge is 2.34. The smallest absolute Gasteiger partial charge is 0.328 e. The Kier molecular flexibility index (Phi) is 11.5. The lowest BCUT2D eigenvalue weighted by Crippen LogP contribution is -2.61. The van der Waals surface area contributed by atoms with E-state index in [1.54, 1.807) is 13.8 Å². The van der Waals surface area contributed by atoms with E-state index < -0.39 is 66.0 Å². The molecule has 0 aromatic heterocycles. The third kappa shape index (κ3) is 9.06. The zero-order chi connectivity index (χ0) is 23.8. The number of hydrogen-bond acceptors (Lipinski definition) is 7. The lowest BCUT2D eigenvalue weighted by molar-refractivity contribution is -0.145. The van der Waals surface area contributed by atoms with E-state index in [-0.39, 0.29) is 5.92 Å². The minimum Gasteiger partial charge on any atom is -0.480 e. The van der Waals surface area contributed by atoms with Gasteiger partial charge in [0.1, 0.15) is 12.1 Å². The first-order valence-corrected chi connectivity index (χ1v) is 9.94. The maximum Gasteiger partial charge on any atom is 0.328 e. The molecule has 0 fully saturated rings. The summed E-state index contributed by atoms with van der Waals surface area (Å²) < 4.78 is 0. The summed E-state index contributed by atoms with van der Waals surface area (Å²) in [5.41, 5.74) is 5.81. The quantitative estimate of drug-likeness (QED) is 0.190. The average Bonchev–Trinajstić information content (AvgIpc) is 2.59. The molecule has 11 nitrogen and oxygen atoms in total. The molecule has 30 heavy (non-hydrogen) atoms. The van der Waals surface area contributed by atoms with E-state index in [1.165, 1.54) is 13.8 Å². The molecule has 0 aliphatic heterocycles. The molecule has 0 spiro atoms. The van der Waals surface area contributed by atoms with E-state index in [4.69, 9.17) is 10.8 Å². The fraction of sp³-hybridized carbons (Fsp3) is 0.789. The number of rotatable bonds is 12. The molecule has 0 aromatic carbocycles. The van der Waals surface area contributed by atoms with Gasteiger partial charge < -0.3 is 37.0 Å². The Hall–Kier alpha value is -2.24. The molecule has 3 amide bonds. The molecule has 0 saturated carbocycles. The van der Waals surface area contributed by atoms with Crippen molar-refractivity contribution < 1.29 is 34.5 Å². The molecule has 0 bridgehead atoms. The van der Waals surface area contributed by atoms with Gasteiger partial charge in [-0.1, -0.05) is 27.7 Å². The number of carbonyl (C=O) groups is 4. The predicted molar refractivity (Wildman–Crippen MR) is 109 cm³/mol. The second-order valence-electron chi connectivity index (χ2n) is 8.26. The number of aliphatic hydroxyl groups excluding tert-OH is 2. The maximum atomic E-state index is 12.7. The second kappa shape index (κ2) is 12.5. The van der Waals surface area contributed by atoms with E-state index in [0.29, 0.717) is 6.42 Å². The van der Waals surface area contributed by atoms with Crippen LogP contribution in [0.4, 0.5) is 0 Å². The SMILES string of the molecule is CC(C)CC(N)C(=O)NC(C(=O)NC(C(=O)NC(C(=O)O)C(C)O)C(C)C)C(C)O. The van der Waals surface area contributed by atoms with Crippen molar-refractivity contribution in [3.63, 3.8) is 0 Å². The summed E-state index contributed by atoms with van der Waals surface area (Å²) in [6.07, 6.45) is -2.25. The van der Waals surface area contributed by atoms with Crippen LogP contribution in [0.5, 0.6) is 0 Å². The molecule has 0 radical (unpaired) electrons. The first-order valence-electron chi connectivity index (χ1n) is 9.94. The van der Waals surface area contributed by atoms with Gasteiger partial charge in [0.2, 0.25) is 17.7 Å². The van der Waals surface area contributed by atoms with Crippen LogP contribution in [0.1, 0.15) is 48.0 Å². The molecule has 0 rings (SSSR count). The van der Waals surface area contributed by atoms with Crippen LogP contribution < -0.4 is 21.7 Å². The van der Waals surface area contributed by atoms with Crippen LogP contribution in [0.3, 0.4) is 0 Å². The summed E-state index contributed by atoms with van der Waals surface area (Å²) in [5.74, 6) is -4.00. The molecule has 174 valence electrons. The Bertz CT molecular complexity index is 608. The number of carboxylic acid groups (broad SMARTS) is 1. The number of carbonyl (C=O) groups excluding carboxylic acids is 3. The van der Waals surface area contributed by atoms with Crippen LogP contribution in [-0.2, 0) is 19.2 Å². The van der Waals surface area contributed by atoms with Gasteiger partial charge in [-0.05, 0) is 32.1 Å². The van der Waals surface area contributed by atoms with Crippen molar-refractivity contribution in [1.29, 1.82) is 0 Å². The van der Waals surface area contributed by atoms with Crippen molar-refractivity contribution in [3.8, 4) is 0 Å². The summed E-state index contributed by atoms with van der Waals surface area (Å²) in [7, 11) is 0. The fourth-order valence-corrected chi connectivity index (χ4v) is 2.69. The zero-order valence-electron chi connectivity index (χ0n) is 18.4. The Balaban J connectivity index is 5.34. The van der Waals surface area contributed by atoms with Gasteiger partial charge in [0.25, 0.3) is 0 Å². The summed E-state index contributed by atoms with van der Waals surface area (Å²) in [6.45, 7) is 9.53. The van der Waals surface area contributed by atoms with Crippen LogP contribution in [0.25, 0.3) is 0 Å². The van der Waals surface area contributed by atoms with Crippen molar-refractivity contribution in [3.05, 3.63) is 0 Å². The van der Waals surface area contributed by atoms with Crippen molar-refractivity contribution in [2.24, 2.45) is 17.6 Å². The molecule has 0 saturated heterocycles. The fourth-order valence-electron chi connectivity index (χ4n) is 2.69. The number of carboxylic acids is 1. The third-order valence-corrected chi connectivity index (χ3v) is 4.42. The zero-order valence-corrected chi connectivity index (χ0v) is 18.4. The predicted octanol–water partition coefficient (Wildman–Crippen LogP) is -1.68. The monoisotopic (exact) mass is 432 g/mol. The Morgan fingerprint density at radius 1 is 0.733 bits per heavy atom. The molecular formula is C19H36N4O7. The Morgan fingerprint density at radius 2 is 1.13 bits per heavy atom. The summed E-state index contributed by atoms with van der Waals surface area (Å²) in [6, 6.07) is -4.96. The van der Waals surface area contributed by atoms with Crippen molar-refractivity contribution in [1.82, 2.24) is 16.0 Å². The Morgan fingerprint density at radius 3 is 1.50 bits per heavy atom. The normalized spacial score (nSPS) is 17.4. The molecule has 11 heteroatoms. The number of nitrogens with one attached hydrogen (secondary N) is 3. The molecule has 0 aromatic rings. The molecule has 8 N–H and O–H groups in total. The first-order chi connectivity index (χ1) is 13.7. The molecule has 0 aliphatic rings. The standard InChI is InChI=1S/C19H36N4O7/c1-8(2)7-12(20)16(26)22-14(10(5)24)18(28)21-13(9(3)4)17(27)23-15(11(6)25)19(29)30/h8-15,24-25H,7,20H2,1-6H3,(H,21,28)(H,22,26)(H,23,27)(H,29,30). The minimum atomic E-state index is -1.56. The highest BCUT2D eigenvalue weighted by atomic mass is 16.4. The van der Waals surface area contributed by atoms with Gasteiger partial charge in [0.15, 0.2) is 6.04 Å². The van der Waals surface area contributed by atoms with Crippen molar-refractivity contribution >= 4 is 23.7 Å². The van der Waals surface area contributed by atoms with E-state index in [0.717, 1.165) is 0 Å². The highest BCUT2D eigenvalue weighted by Crippen LogP contribution is 2.07. The van der Waals surface area contributed by atoms with Crippen LogP contribution >= 0.6 is 0 Å². The van der Waals surface area contributed by atoms with Gasteiger partial charge >= 0.3 is 5.97 Å². The van der Waals surface area contributed by atoms with E-state index >= 15 is 0 Å². The minimum absolute atomic E-state index is 0.148. The molecule has 6 atom stereocenters. The van der Waals surface area contributed by atoms with Gasteiger partial charge in [-0.2, -0.15) is 0 Å². The number of aliphatic hydroxyl groups is 2. The number of hydrogen-bond donors (Lipinski definition) is 7. The summed E-state index contributed by atoms with van der Waals surface area (Å²) >= 11 is 0. The topological polar surface area (TPSA) is 191 Å². The largest absolute Gasteiger partial charge is 0.480 e. The Labute approximate surface area is 176 Å². The maximum absolute atomic E-state index is 12.7. The molecule has 0 heterocycles. The van der Waals surface area contributed by atoms with Gasteiger partial charge in [-0.3, -0.25) is 14.4 Å². The van der Waals surface area contributed by atoms with Gasteiger partial charge in [-0.25, -0.2) is 4.79 Å². The van der Waals surface area contributed by atoms with Gasteiger partial charge in [0, 0.05) is 0 Å². The highest BCUT2D eigenvalue weighted by molar-refractivity contribution is 5.94. The molecule has 6 unspecified atom stereocenters. The lowest BCUT2D eigenvalue weighted by Gasteiger charge is -2.28. The average molecular weight is 433 g/mol. The molecular weight excluding hydrogens is 396 g/mol. The number of aliphatic carboxylic acids is 1. The van der Waals surface area contributed by atoms with E-state index in [9.17, 15) is 29.4 Å². The summed E-state index contributed by atoms with van der Waals surface area (Å²) in [4.78, 5) is 48.6. The van der Waals surface area contributed by atoms with Crippen molar-refractivity contribution in [2.75, 3.05) is 0 Å². The van der Waals surface area contributed by atoms with Crippen LogP contribution in [0.2, 0.25) is 0 Å². The van der Waals surface area contributed by atoms with Crippen LogP contribution in [0.15, 0.2) is 0 Å². The van der Waals surface area contributed by atoms with Gasteiger partial charge in [0.05, 0.1) is 18.2 Å². The van der Waals surface area contributed by atoms with Crippen LogP contribution in [0, 0.1) is 11.8 Å². The third-order valence-electron chi connectivity index (χ3n) is 4.42. The van der Waals surface area contributed by atoms with E-state index in [1.807, 2.05) is 13.8 Å². The van der Waals surface area contributed by atoms with Gasteiger partial charge in [-0.15, -0.1) is 0 Å². The second-order valence-corrected chi connectivity index (χ2v) is 8.26. The summed E-state index contributed by atoms with van der Waals surface area (Å²) in [5, 5.41) is 35.6. The molecule has 0 aliphatic carbocycles. The van der Waals surface area contributed by atoms with Crippen LogP contribution in [-0.4, -0.2) is 75.4 Å². The number of nitrogens with two attached hydrogens (primary N) is 1. The van der Waals surface area contributed by atoms with Crippen molar-refractivity contribution in [2.45, 2.75) is 84.3 Å².